The van der Waals surface area contributed by atoms with Gasteiger partial charge in [-0.25, -0.2) is 8.42 Å². The minimum absolute atomic E-state index is 0.0482. The summed E-state index contributed by atoms with van der Waals surface area (Å²) >= 11 is 1.64. The van der Waals surface area contributed by atoms with Crippen molar-refractivity contribution < 1.29 is 13.2 Å². The molecule has 0 saturated heterocycles. The third-order valence-corrected chi connectivity index (χ3v) is 7.04. The standard InChI is InChI=1S/C20H23N3O3S2/c1-15-4-7-18(12-16(15)2)27-11-10-22-20(24)14-23(3)28(25,26)19-8-5-17(13-21)6-9-19/h4-9,12H,10-11,14H2,1-3H3,(H,22,24). The average Bonchev–Trinajstić information content (AvgIpc) is 2.67. The van der Waals surface area contributed by atoms with Crippen LogP contribution in [-0.2, 0) is 14.8 Å². The Morgan fingerprint density at radius 3 is 2.43 bits per heavy atom. The van der Waals surface area contributed by atoms with Gasteiger partial charge in [0.2, 0.25) is 15.9 Å². The normalized spacial score (nSPS) is 11.2. The summed E-state index contributed by atoms with van der Waals surface area (Å²) in [6.45, 7) is 4.30. The second kappa shape index (κ2) is 9.73. The van der Waals surface area contributed by atoms with Crippen LogP contribution in [0.15, 0.2) is 52.3 Å². The molecule has 0 fully saturated rings. The number of nitrogens with one attached hydrogen (secondary N) is 1. The van der Waals surface area contributed by atoms with Crippen LogP contribution in [0, 0.1) is 25.2 Å². The Bertz CT molecular complexity index is 981. The van der Waals surface area contributed by atoms with Gasteiger partial charge in [-0.1, -0.05) is 6.07 Å². The predicted octanol–water partition coefficient (Wildman–Crippen LogP) is 2.70. The Kier molecular flexibility index (Phi) is 7.63. The van der Waals surface area contributed by atoms with Gasteiger partial charge in [0.1, 0.15) is 0 Å². The molecule has 0 atom stereocenters. The summed E-state index contributed by atoms with van der Waals surface area (Å²) in [6.07, 6.45) is 0. The number of aryl methyl sites for hydroxylation is 2. The molecule has 0 aliphatic heterocycles. The quantitative estimate of drug-likeness (QED) is 0.527. The van der Waals surface area contributed by atoms with Crippen molar-refractivity contribution in [3.8, 4) is 6.07 Å². The lowest BCUT2D eigenvalue weighted by Crippen LogP contribution is -2.39. The Morgan fingerprint density at radius 2 is 1.82 bits per heavy atom. The van der Waals surface area contributed by atoms with Gasteiger partial charge in [0.05, 0.1) is 23.1 Å². The van der Waals surface area contributed by atoms with E-state index in [2.05, 4.69) is 31.3 Å². The fourth-order valence-electron chi connectivity index (χ4n) is 2.39. The number of rotatable bonds is 8. The predicted molar refractivity (Wildman–Crippen MR) is 111 cm³/mol. The number of carbonyl (C=O) groups is 1. The fraction of sp³-hybridized carbons (Fsp3) is 0.300. The number of carbonyl (C=O) groups excluding carboxylic acids is 1. The number of nitriles is 1. The van der Waals surface area contributed by atoms with Gasteiger partial charge in [0.25, 0.3) is 0 Å². The molecular formula is C20H23N3O3S2. The zero-order chi connectivity index (χ0) is 20.7. The first-order valence-electron chi connectivity index (χ1n) is 8.67. The number of likely N-dealkylation sites (N-methyl/N-ethyl adjacent to an activating group) is 1. The second-order valence-electron chi connectivity index (χ2n) is 6.34. The molecule has 0 unspecified atom stereocenters. The molecule has 2 aromatic carbocycles. The average molecular weight is 418 g/mol. The third-order valence-electron chi connectivity index (χ3n) is 4.23. The monoisotopic (exact) mass is 417 g/mol. The maximum atomic E-state index is 12.5. The summed E-state index contributed by atoms with van der Waals surface area (Å²) in [4.78, 5) is 13.3. The zero-order valence-electron chi connectivity index (χ0n) is 16.1. The van der Waals surface area contributed by atoms with Crippen molar-refractivity contribution in [3.05, 3.63) is 59.2 Å². The summed E-state index contributed by atoms with van der Waals surface area (Å²) in [6, 6.07) is 13.8. The highest BCUT2D eigenvalue weighted by molar-refractivity contribution is 7.99. The van der Waals surface area contributed by atoms with Gasteiger partial charge >= 0.3 is 0 Å². The number of sulfonamides is 1. The molecular weight excluding hydrogens is 394 g/mol. The van der Waals surface area contributed by atoms with Crippen molar-refractivity contribution in [2.24, 2.45) is 0 Å². The smallest absolute Gasteiger partial charge is 0.243 e. The van der Waals surface area contributed by atoms with E-state index >= 15 is 0 Å². The molecule has 0 bridgehead atoms. The SMILES string of the molecule is Cc1ccc(SCCNC(=O)CN(C)S(=O)(=O)c2ccc(C#N)cc2)cc1C. The van der Waals surface area contributed by atoms with Gasteiger partial charge < -0.3 is 5.32 Å². The number of hydrogen-bond donors (Lipinski definition) is 1. The minimum Gasteiger partial charge on any atom is -0.354 e. The Hall–Kier alpha value is -2.34. The molecule has 2 aromatic rings. The van der Waals surface area contributed by atoms with Gasteiger partial charge in [-0.3, -0.25) is 4.79 Å². The van der Waals surface area contributed by atoms with E-state index in [-0.39, 0.29) is 17.3 Å². The second-order valence-corrected chi connectivity index (χ2v) is 9.55. The first-order valence-corrected chi connectivity index (χ1v) is 11.1. The summed E-state index contributed by atoms with van der Waals surface area (Å²) < 4.78 is 26.0. The largest absolute Gasteiger partial charge is 0.354 e. The van der Waals surface area contributed by atoms with E-state index in [1.165, 1.54) is 42.4 Å². The zero-order valence-corrected chi connectivity index (χ0v) is 17.7. The van der Waals surface area contributed by atoms with Crippen molar-refractivity contribution in [2.45, 2.75) is 23.6 Å². The summed E-state index contributed by atoms with van der Waals surface area (Å²) in [5.74, 6) is 0.334. The molecule has 0 aliphatic rings. The highest BCUT2D eigenvalue weighted by Gasteiger charge is 2.22. The molecule has 0 saturated carbocycles. The van der Waals surface area contributed by atoms with Crippen molar-refractivity contribution in [2.75, 3.05) is 25.9 Å². The van der Waals surface area contributed by atoms with Crippen LogP contribution in [0.1, 0.15) is 16.7 Å². The number of hydrogen-bond acceptors (Lipinski definition) is 5. The first kappa shape index (κ1) is 22.0. The molecule has 0 aliphatic carbocycles. The van der Waals surface area contributed by atoms with Gasteiger partial charge in [-0.05, 0) is 61.4 Å². The van der Waals surface area contributed by atoms with Crippen LogP contribution >= 0.6 is 11.8 Å². The van der Waals surface area contributed by atoms with Crippen molar-refractivity contribution in [1.82, 2.24) is 9.62 Å². The lowest BCUT2D eigenvalue weighted by Gasteiger charge is -2.17. The van der Waals surface area contributed by atoms with E-state index in [0.717, 1.165) is 9.20 Å². The molecule has 0 spiro atoms. The number of nitrogens with zero attached hydrogens (tertiary/aromatic N) is 2. The van der Waals surface area contributed by atoms with Gasteiger partial charge in [-0.15, -0.1) is 11.8 Å². The van der Waals surface area contributed by atoms with Crippen LogP contribution in [-0.4, -0.2) is 44.5 Å². The molecule has 0 radical (unpaired) electrons. The Balaban J connectivity index is 1.82. The third kappa shape index (κ3) is 5.83. The molecule has 1 amide bonds. The topological polar surface area (TPSA) is 90.3 Å². The van der Waals surface area contributed by atoms with E-state index in [9.17, 15) is 13.2 Å². The van der Waals surface area contributed by atoms with Crippen molar-refractivity contribution >= 4 is 27.7 Å². The fourth-order valence-corrected chi connectivity index (χ4v) is 4.38. The van der Waals surface area contributed by atoms with Crippen LogP contribution in [0.3, 0.4) is 0 Å². The molecule has 148 valence electrons. The van der Waals surface area contributed by atoms with Crippen LogP contribution in [0.4, 0.5) is 0 Å². The van der Waals surface area contributed by atoms with Crippen LogP contribution in [0.2, 0.25) is 0 Å². The lowest BCUT2D eigenvalue weighted by atomic mass is 10.1. The Labute approximate surface area is 170 Å². The van der Waals surface area contributed by atoms with E-state index < -0.39 is 10.0 Å². The highest BCUT2D eigenvalue weighted by Crippen LogP contribution is 2.20. The molecule has 0 heterocycles. The highest BCUT2D eigenvalue weighted by atomic mass is 32.2. The summed E-state index contributed by atoms with van der Waals surface area (Å²) in [5.41, 5.74) is 2.84. The Morgan fingerprint density at radius 1 is 1.14 bits per heavy atom. The molecule has 1 N–H and O–H groups in total. The van der Waals surface area contributed by atoms with Gasteiger partial charge in [-0.2, -0.15) is 9.57 Å². The maximum absolute atomic E-state index is 12.5. The molecule has 6 nitrogen and oxygen atoms in total. The van der Waals surface area contributed by atoms with Crippen LogP contribution in [0.25, 0.3) is 0 Å². The van der Waals surface area contributed by atoms with E-state index in [1.807, 2.05) is 12.1 Å². The van der Waals surface area contributed by atoms with Gasteiger partial charge in [0, 0.05) is 24.2 Å². The van der Waals surface area contributed by atoms with Crippen molar-refractivity contribution in [3.63, 3.8) is 0 Å². The summed E-state index contributed by atoms with van der Waals surface area (Å²) in [5, 5.41) is 11.5. The van der Waals surface area contributed by atoms with Crippen molar-refractivity contribution in [1.29, 1.82) is 5.26 Å². The van der Waals surface area contributed by atoms with E-state index in [0.29, 0.717) is 17.9 Å². The van der Waals surface area contributed by atoms with E-state index in [4.69, 9.17) is 5.26 Å². The van der Waals surface area contributed by atoms with Crippen LogP contribution in [0.5, 0.6) is 0 Å². The van der Waals surface area contributed by atoms with Crippen LogP contribution < -0.4 is 5.32 Å². The first-order chi connectivity index (χ1) is 13.2. The molecule has 28 heavy (non-hydrogen) atoms. The molecule has 2 rings (SSSR count). The molecule has 8 heteroatoms. The van der Waals surface area contributed by atoms with E-state index in [1.54, 1.807) is 11.8 Å². The molecule has 0 aromatic heterocycles. The number of thioether (sulfide) groups is 1. The minimum atomic E-state index is -3.78. The number of benzene rings is 2. The maximum Gasteiger partial charge on any atom is 0.243 e. The summed E-state index contributed by atoms with van der Waals surface area (Å²) in [7, 11) is -2.43. The van der Waals surface area contributed by atoms with Gasteiger partial charge in [0.15, 0.2) is 0 Å². The lowest BCUT2D eigenvalue weighted by molar-refractivity contribution is -0.121. The number of amides is 1.